The first-order valence-corrected chi connectivity index (χ1v) is 7.22. The summed E-state index contributed by atoms with van der Waals surface area (Å²) in [4.78, 5) is 22.4. The van der Waals surface area contributed by atoms with Gasteiger partial charge in [0.05, 0.1) is 24.9 Å². The van der Waals surface area contributed by atoms with Gasteiger partial charge >= 0.3 is 5.97 Å². The lowest BCUT2D eigenvalue weighted by molar-refractivity contribution is -0.142. The average Bonchev–Trinajstić information content (AvgIpc) is 2.88. The number of ether oxygens (including phenoxy) is 1. The van der Waals surface area contributed by atoms with Crippen molar-refractivity contribution < 1.29 is 19.4 Å². The molecule has 2 aromatic rings. The van der Waals surface area contributed by atoms with Gasteiger partial charge in [-0.1, -0.05) is 30.3 Å². The molecule has 0 aliphatic carbocycles. The fourth-order valence-electron chi connectivity index (χ4n) is 2.08. The highest BCUT2D eigenvalue weighted by atomic mass is 16.5. The van der Waals surface area contributed by atoms with Crippen LogP contribution in [0.15, 0.2) is 36.5 Å². The molecule has 0 aliphatic heterocycles. The average molecular weight is 317 g/mol. The van der Waals surface area contributed by atoms with E-state index in [-0.39, 0.29) is 25.7 Å². The van der Waals surface area contributed by atoms with Gasteiger partial charge in [0.15, 0.2) is 0 Å². The summed E-state index contributed by atoms with van der Waals surface area (Å²) < 4.78 is 6.63. The Morgan fingerprint density at radius 3 is 2.74 bits per heavy atom. The number of nitrogens with one attached hydrogen (secondary N) is 1. The van der Waals surface area contributed by atoms with Crippen molar-refractivity contribution in [2.45, 2.75) is 13.5 Å². The maximum Gasteiger partial charge on any atom is 0.329 e. The van der Waals surface area contributed by atoms with Crippen molar-refractivity contribution in [1.82, 2.24) is 15.1 Å². The molecule has 0 bridgehead atoms. The maximum atomic E-state index is 12.1. The Balaban J connectivity index is 1.88. The lowest BCUT2D eigenvalue weighted by Crippen LogP contribution is -2.28. The molecule has 1 heterocycles. The summed E-state index contributed by atoms with van der Waals surface area (Å²) >= 11 is 0. The second-order valence-corrected chi connectivity index (χ2v) is 4.99. The van der Waals surface area contributed by atoms with Gasteiger partial charge in [-0.05, 0) is 12.5 Å². The Morgan fingerprint density at radius 1 is 1.30 bits per heavy atom. The highest BCUT2D eigenvalue weighted by Gasteiger charge is 2.13. The van der Waals surface area contributed by atoms with E-state index < -0.39 is 5.97 Å². The molecule has 2 N–H and O–H groups in total. The topological polar surface area (TPSA) is 93.4 Å². The molecule has 0 atom stereocenters. The molecule has 2 rings (SSSR count). The summed E-state index contributed by atoms with van der Waals surface area (Å²) in [6.45, 7) is 2.46. The molecule has 0 saturated carbocycles. The second kappa shape index (κ2) is 8.09. The van der Waals surface area contributed by atoms with Crippen molar-refractivity contribution in [3.63, 3.8) is 0 Å². The fourth-order valence-corrected chi connectivity index (χ4v) is 2.08. The van der Waals surface area contributed by atoms with E-state index >= 15 is 0 Å². The predicted octanol–water partition coefficient (Wildman–Crippen LogP) is 1.07. The third kappa shape index (κ3) is 4.93. The molecule has 0 radical (unpaired) electrons. The molecule has 122 valence electrons. The number of aliphatic carboxylic acids is 1. The predicted molar refractivity (Wildman–Crippen MR) is 83.3 cm³/mol. The lowest BCUT2D eigenvalue weighted by Gasteiger charge is -2.07. The zero-order chi connectivity index (χ0) is 16.7. The highest BCUT2D eigenvalue weighted by molar-refractivity contribution is 5.95. The first kappa shape index (κ1) is 16.7. The van der Waals surface area contributed by atoms with Crippen LogP contribution < -0.4 is 5.32 Å². The molecule has 7 nitrogen and oxygen atoms in total. The summed E-state index contributed by atoms with van der Waals surface area (Å²) in [5, 5.41) is 15.4. The monoisotopic (exact) mass is 317 g/mol. The van der Waals surface area contributed by atoms with Gasteiger partial charge in [0.2, 0.25) is 0 Å². The molecule has 1 aromatic heterocycles. The summed E-state index contributed by atoms with van der Waals surface area (Å²) in [5.41, 5.74) is 2.38. The van der Waals surface area contributed by atoms with Crippen molar-refractivity contribution in [3.05, 3.63) is 53.3 Å². The first-order valence-electron chi connectivity index (χ1n) is 7.22. The molecule has 0 fully saturated rings. The summed E-state index contributed by atoms with van der Waals surface area (Å²) in [5.74, 6) is -1.28. The quantitative estimate of drug-likeness (QED) is 0.710. The van der Waals surface area contributed by atoms with Crippen molar-refractivity contribution in [3.8, 4) is 0 Å². The summed E-state index contributed by atoms with van der Waals surface area (Å²) in [6.07, 6.45) is 1.53. The standard InChI is InChI=1S/C16H19N3O4/c1-12-14(16(22)17-7-8-23-11-15(20)21)9-18-19(12)10-13-5-3-2-4-6-13/h2-6,9H,7-8,10-11H2,1H3,(H,17,22)(H,20,21). The Labute approximate surface area is 133 Å². The van der Waals surface area contributed by atoms with E-state index in [4.69, 9.17) is 9.84 Å². The third-order valence-electron chi connectivity index (χ3n) is 3.28. The smallest absolute Gasteiger partial charge is 0.329 e. The molecule has 0 saturated heterocycles. The number of benzene rings is 1. The Kier molecular flexibility index (Phi) is 5.87. The molecule has 0 aliphatic rings. The van der Waals surface area contributed by atoms with Gasteiger partial charge in [-0.15, -0.1) is 0 Å². The fraction of sp³-hybridized carbons (Fsp3) is 0.312. The van der Waals surface area contributed by atoms with Crippen molar-refractivity contribution >= 4 is 11.9 Å². The van der Waals surface area contributed by atoms with Crippen LogP contribution in [0.4, 0.5) is 0 Å². The van der Waals surface area contributed by atoms with Gasteiger partial charge in [0.25, 0.3) is 5.91 Å². The minimum absolute atomic E-state index is 0.148. The molecule has 7 heteroatoms. The molecule has 0 unspecified atom stereocenters. The number of nitrogens with zero attached hydrogens (tertiary/aromatic N) is 2. The number of rotatable bonds is 8. The van der Waals surface area contributed by atoms with E-state index in [0.29, 0.717) is 12.1 Å². The van der Waals surface area contributed by atoms with E-state index in [1.54, 1.807) is 4.68 Å². The van der Waals surface area contributed by atoms with E-state index in [1.807, 2.05) is 37.3 Å². The number of amides is 1. The van der Waals surface area contributed by atoms with Crippen LogP contribution >= 0.6 is 0 Å². The van der Waals surface area contributed by atoms with Crippen molar-refractivity contribution in [1.29, 1.82) is 0 Å². The van der Waals surface area contributed by atoms with E-state index in [2.05, 4.69) is 10.4 Å². The zero-order valence-corrected chi connectivity index (χ0v) is 12.9. The number of carbonyl (C=O) groups is 2. The molecular weight excluding hydrogens is 298 g/mol. The van der Waals surface area contributed by atoms with E-state index in [1.165, 1.54) is 6.20 Å². The number of hydrogen-bond acceptors (Lipinski definition) is 4. The molecule has 1 aromatic carbocycles. The van der Waals surface area contributed by atoms with Crippen LogP contribution in [-0.4, -0.2) is 46.5 Å². The molecular formula is C16H19N3O4. The Bertz CT molecular complexity index is 667. The molecule has 1 amide bonds. The lowest BCUT2D eigenvalue weighted by atomic mass is 10.2. The van der Waals surface area contributed by atoms with Gasteiger partial charge in [-0.25, -0.2) is 4.79 Å². The second-order valence-electron chi connectivity index (χ2n) is 4.99. The molecule has 0 spiro atoms. The SMILES string of the molecule is Cc1c(C(=O)NCCOCC(=O)O)cnn1Cc1ccccc1. The number of hydrogen-bond donors (Lipinski definition) is 2. The van der Waals surface area contributed by atoms with Gasteiger partial charge in [0.1, 0.15) is 6.61 Å². The number of carbonyl (C=O) groups excluding carboxylic acids is 1. The largest absolute Gasteiger partial charge is 0.480 e. The molecule has 23 heavy (non-hydrogen) atoms. The normalized spacial score (nSPS) is 10.5. The van der Waals surface area contributed by atoms with Crippen LogP contribution in [0, 0.1) is 6.92 Å². The minimum Gasteiger partial charge on any atom is -0.480 e. The zero-order valence-electron chi connectivity index (χ0n) is 12.9. The van der Waals surface area contributed by atoms with Crippen LogP contribution in [0.5, 0.6) is 0 Å². The van der Waals surface area contributed by atoms with E-state index in [0.717, 1.165) is 11.3 Å². The third-order valence-corrected chi connectivity index (χ3v) is 3.28. The maximum absolute atomic E-state index is 12.1. The van der Waals surface area contributed by atoms with Gasteiger partial charge in [-0.3, -0.25) is 9.48 Å². The van der Waals surface area contributed by atoms with Crippen LogP contribution in [0.2, 0.25) is 0 Å². The number of carboxylic acids is 1. The van der Waals surface area contributed by atoms with Gasteiger partial charge in [-0.2, -0.15) is 5.10 Å². The minimum atomic E-state index is -1.03. The van der Waals surface area contributed by atoms with Crippen LogP contribution in [-0.2, 0) is 16.1 Å². The van der Waals surface area contributed by atoms with Gasteiger partial charge < -0.3 is 15.2 Å². The van der Waals surface area contributed by atoms with Crippen LogP contribution in [0.25, 0.3) is 0 Å². The summed E-state index contributed by atoms with van der Waals surface area (Å²) in [6, 6.07) is 9.86. The van der Waals surface area contributed by atoms with Crippen LogP contribution in [0.3, 0.4) is 0 Å². The summed E-state index contributed by atoms with van der Waals surface area (Å²) in [7, 11) is 0. The highest BCUT2D eigenvalue weighted by Crippen LogP contribution is 2.10. The van der Waals surface area contributed by atoms with Gasteiger partial charge in [0, 0.05) is 12.2 Å². The van der Waals surface area contributed by atoms with Crippen molar-refractivity contribution in [2.75, 3.05) is 19.8 Å². The Morgan fingerprint density at radius 2 is 2.04 bits per heavy atom. The Hall–Kier alpha value is -2.67. The van der Waals surface area contributed by atoms with Crippen molar-refractivity contribution in [2.24, 2.45) is 0 Å². The first-order chi connectivity index (χ1) is 11.1. The number of aromatic nitrogens is 2. The van der Waals surface area contributed by atoms with E-state index in [9.17, 15) is 9.59 Å². The number of carboxylic acid groups (broad SMARTS) is 1. The van der Waals surface area contributed by atoms with Crippen LogP contribution in [0.1, 0.15) is 21.6 Å².